The predicted octanol–water partition coefficient (Wildman–Crippen LogP) is 3.51. The minimum absolute atomic E-state index is 0.0786. The molecule has 12 heteroatoms. The van der Waals surface area contributed by atoms with Crippen molar-refractivity contribution in [2.45, 2.75) is 25.8 Å². The highest BCUT2D eigenvalue weighted by atomic mass is 35.5. The van der Waals surface area contributed by atoms with Crippen molar-refractivity contribution in [2.24, 2.45) is 17.5 Å². The van der Waals surface area contributed by atoms with E-state index in [2.05, 4.69) is 30.3 Å². The van der Waals surface area contributed by atoms with Gasteiger partial charge in [0.2, 0.25) is 5.96 Å². The van der Waals surface area contributed by atoms with E-state index in [1.54, 1.807) is 43.4 Å². The van der Waals surface area contributed by atoms with Gasteiger partial charge in [-0.1, -0.05) is 38.4 Å². The number of benzene rings is 1. The summed E-state index contributed by atoms with van der Waals surface area (Å²) in [5.74, 6) is 0.0554. The monoisotopic (exact) mass is 503 g/mol. The third kappa shape index (κ3) is 7.29. The zero-order valence-corrected chi connectivity index (χ0v) is 20.8. The number of guanidine groups is 1. The Hall–Kier alpha value is -3.44. The number of aliphatic imine (C=N–C) groups is 1. The number of imidazole rings is 1. The van der Waals surface area contributed by atoms with Crippen LogP contribution in [0.25, 0.3) is 0 Å². The maximum Gasteiger partial charge on any atom is 0.282 e. The minimum Gasteiger partial charge on any atom is -0.355 e. The van der Waals surface area contributed by atoms with Crippen molar-refractivity contribution < 1.29 is 13.2 Å². The highest BCUT2D eigenvalue weighted by Crippen LogP contribution is 2.16. The largest absolute Gasteiger partial charge is 0.355 e. The lowest BCUT2D eigenvalue weighted by molar-refractivity contribution is 0.100. The summed E-state index contributed by atoms with van der Waals surface area (Å²) in [6, 6.07) is 11.1. The molecule has 1 amide bonds. The first-order valence-electron chi connectivity index (χ1n) is 10.3. The second kappa shape index (κ2) is 10.2. The number of hydrogen-bond acceptors (Lipinski definition) is 5. The van der Waals surface area contributed by atoms with Crippen molar-refractivity contribution in [1.82, 2.24) is 19.9 Å². The van der Waals surface area contributed by atoms with Crippen LogP contribution < -0.4 is 15.4 Å². The SMILES string of the molecule is Cn1cnc(S(=O)(=O)Nc2cccc(N/C(=N\C(=O)c3ccc(Cl)cc3)NCC(C)(C)C)n2)c1. The van der Waals surface area contributed by atoms with Gasteiger partial charge in [0.05, 0.1) is 6.33 Å². The lowest BCUT2D eigenvalue weighted by atomic mass is 9.97. The summed E-state index contributed by atoms with van der Waals surface area (Å²) in [4.78, 5) is 25.0. The van der Waals surface area contributed by atoms with Crippen LogP contribution in [-0.4, -0.2) is 41.4 Å². The number of sulfonamides is 1. The molecule has 180 valence electrons. The predicted molar refractivity (Wildman–Crippen MR) is 133 cm³/mol. The molecule has 0 unspecified atom stereocenters. The molecule has 0 spiro atoms. The number of carbonyl (C=O) groups is 1. The van der Waals surface area contributed by atoms with Crippen molar-refractivity contribution in [2.75, 3.05) is 16.6 Å². The number of hydrogen-bond donors (Lipinski definition) is 3. The van der Waals surface area contributed by atoms with Crippen molar-refractivity contribution in [3.8, 4) is 0 Å². The van der Waals surface area contributed by atoms with E-state index in [9.17, 15) is 13.2 Å². The molecule has 0 aliphatic carbocycles. The summed E-state index contributed by atoms with van der Waals surface area (Å²) < 4.78 is 29.0. The lowest BCUT2D eigenvalue weighted by Crippen LogP contribution is -2.37. The molecule has 10 nitrogen and oxygen atoms in total. The Labute approximate surface area is 203 Å². The molecule has 0 saturated heterocycles. The van der Waals surface area contributed by atoms with Gasteiger partial charge in [-0.3, -0.25) is 9.52 Å². The van der Waals surface area contributed by atoms with E-state index in [1.807, 2.05) is 20.8 Å². The number of anilines is 2. The Morgan fingerprint density at radius 3 is 2.41 bits per heavy atom. The molecular formula is C22H26ClN7O3S. The number of nitrogens with one attached hydrogen (secondary N) is 3. The standard InChI is InChI=1S/C22H26ClN7O3S/c1-22(2,3)13-24-21(28-20(31)15-8-10-16(23)11-9-15)27-17-6-5-7-18(26-17)29-34(32,33)19-12-30(4)14-25-19/h5-12,14H,13H2,1-4H3,(H3,24,26,27,28,29,31). The van der Waals surface area contributed by atoms with Crippen molar-refractivity contribution >= 4 is 45.1 Å². The number of carbonyl (C=O) groups excluding carboxylic acids is 1. The molecular weight excluding hydrogens is 478 g/mol. The molecule has 34 heavy (non-hydrogen) atoms. The van der Waals surface area contributed by atoms with E-state index in [1.165, 1.54) is 23.2 Å². The summed E-state index contributed by atoms with van der Waals surface area (Å²) in [6.07, 6.45) is 2.77. The summed E-state index contributed by atoms with van der Waals surface area (Å²) >= 11 is 5.90. The van der Waals surface area contributed by atoms with E-state index in [0.717, 1.165) is 0 Å². The second-order valence-electron chi connectivity index (χ2n) is 8.70. The van der Waals surface area contributed by atoms with Crippen LogP contribution in [-0.2, 0) is 17.1 Å². The van der Waals surface area contributed by atoms with Gasteiger partial charge in [-0.25, -0.2) is 9.97 Å². The fraction of sp³-hybridized carbons (Fsp3) is 0.273. The van der Waals surface area contributed by atoms with Crippen LogP contribution in [0.5, 0.6) is 0 Å². The van der Waals surface area contributed by atoms with Gasteiger partial charge in [0.15, 0.2) is 5.03 Å². The number of nitrogens with zero attached hydrogens (tertiary/aromatic N) is 4. The van der Waals surface area contributed by atoms with E-state index in [0.29, 0.717) is 17.1 Å². The van der Waals surface area contributed by atoms with Crippen LogP contribution in [0.15, 0.2) is 65.0 Å². The maximum atomic E-state index is 12.7. The Kier molecular flexibility index (Phi) is 7.57. The fourth-order valence-electron chi connectivity index (χ4n) is 2.62. The number of aromatic nitrogens is 3. The molecule has 2 heterocycles. The number of rotatable bonds is 6. The molecule has 0 aliphatic rings. The molecule has 3 aromatic rings. The Morgan fingerprint density at radius 1 is 1.12 bits per heavy atom. The average molecular weight is 504 g/mol. The van der Waals surface area contributed by atoms with E-state index >= 15 is 0 Å². The van der Waals surface area contributed by atoms with Gasteiger partial charge in [0, 0.05) is 30.4 Å². The zero-order chi connectivity index (χ0) is 24.9. The van der Waals surface area contributed by atoms with Crippen molar-refractivity contribution in [1.29, 1.82) is 0 Å². The molecule has 0 radical (unpaired) electrons. The third-order valence-corrected chi connectivity index (χ3v) is 5.77. The molecule has 0 atom stereocenters. The van der Waals surface area contributed by atoms with Crippen LogP contribution >= 0.6 is 11.6 Å². The molecule has 0 saturated carbocycles. The third-order valence-electron chi connectivity index (χ3n) is 4.28. The number of halogens is 1. The first-order valence-corrected chi connectivity index (χ1v) is 12.1. The molecule has 1 aromatic carbocycles. The Balaban J connectivity index is 1.82. The van der Waals surface area contributed by atoms with Crippen LogP contribution in [0.3, 0.4) is 0 Å². The summed E-state index contributed by atoms with van der Waals surface area (Å²) in [5.41, 5.74) is 0.269. The number of aryl methyl sites for hydroxylation is 1. The summed E-state index contributed by atoms with van der Waals surface area (Å²) in [5, 5.41) is 6.46. The minimum atomic E-state index is -3.91. The topological polar surface area (TPSA) is 130 Å². The lowest BCUT2D eigenvalue weighted by Gasteiger charge is -2.21. The van der Waals surface area contributed by atoms with Gasteiger partial charge in [-0.2, -0.15) is 13.4 Å². The van der Waals surface area contributed by atoms with Gasteiger partial charge in [-0.15, -0.1) is 0 Å². The number of pyridine rings is 1. The van der Waals surface area contributed by atoms with E-state index in [-0.39, 0.29) is 28.0 Å². The van der Waals surface area contributed by atoms with Gasteiger partial charge < -0.3 is 15.2 Å². The zero-order valence-electron chi connectivity index (χ0n) is 19.2. The summed E-state index contributed by atoms with van der Waals surface area (Å²) in [6.45, 7) is 6.61. The molecule has 0 aliphatic heterocycles. The second-order valence-corrected chi connectivity index (χ2v) is 10.8. The molecule has 0 bridgehead atoms. The van der Waals surface area contributed by atoms with Crippen LogP contribution in [0, 0.1) is 5.41 Å². The van der Waals surface area contributed by atoms with Gasteiger partial charge in [-0.05, 0) is 41.8 Å². The van der Waals surface area contributed by atoms with Crippen LogP contribution in [0.4, 0.5) is 11.6 Å². The van der Waals surface area contributed by atoms with E-state index < -0.39 is 15.9 Å². The van der Waals surface area contributed by atoms with Gasteiger partial charge in [0.1, 0.15) is 11.6 Å². The first-order chi connectivity index (χ1) is 15.9. The molecule has 3 rings (SSSR count). The van der Waals surface area contributed by atoms with Crippen LogP contribution in [0.1, 0.15) is 31.1 Å². The molecule has 3 N–H and O–H groups in total. The highest BCUT2D eigenvalue weighted by Gasteiger charge is 2.18. The highest BCUT2D eigenvalue weighted by molar-refractivity contribution is 7.92. The average Bonchev–Trinajstić information content (AvgIpc) is 3.19. The van der Waals surface area contributed by atoms with Crippen LogP contribution in [0.2, 0.25) is 5.02 Å². The first kappa shape index (κ1) is 25.2. The Morgan fingerprint density at radius 2 is 1.79 bits per heavy atom. The maximum absolute atomic E-state index is 12.7. The van der Waals surface area contributed by atoms with Crippen molar-refractivity contribution in [3.63, 3.8) is 0 Å². The van der Waals surface area contributed by atoms with Crippen molar-refractivity contribution in [3.05, 3.63) is 65.6 Å². The molecule has 0 fully saturated rings. The van der Waals surface area contributed by atoms with E-state index in [4.69, 9.17) is 11.6 Å². The Bertz CT molecular complexity index is 1300. The normalized spacial score (nSPS) is 12.3. The summed E-state index contributed by atoms with van der Waals surface area (Å²) in [7, 11) is -2.24. The van der Waals surface area contributed by atoms with Gasteiger partial charge >= 0.3 is 0 Å². The molecule has 2 aromatic heterocycles. The quantitative estimate of drug-likeness (QED) is 0.346. The fourth-order valence-corrected chi connectivity index (χ4v) is 3.73. The van der Waals surface area contributed by atoms with Gasteiger partial charge in [0.25, 0.3) is 15.9 Å². The smallest absolute Gasteiger partial charge is 0.282 e. The number of amides is 1.